The Morgan fingerprint density at radius 3 is 2.38 bits per heavy atom. The molecule has 0 amide bonds. The summed E-state index contributed by atoms with van der Waals surface area (Å²) < 4.78 is 36.1. The molecule has 0 spiro atoms. The van der Waals surface area contributed by atoms with Crippen LogP contribution in [0.15, 0.2) is 18.3 Å². The molecule has 0 aliphatic carbocycles. The van der Waals surface area contributed by atoms with Crippen LogP contribution in [-0.4, -0.2) is 10.9 Å². The molecule has 0 aromatic carbocycles. The van der Waals surface area contributed by atoms with E-state index in [1.165, 1.54) is 12.3 Å². The van der Waals surface area contributed by atoms with Crippen LogP contribution in [0, 0.1) is 0 Å². The maximum atomic E-state index is 12.0. The molecule has 0 saturated heterocycles. The highest BCUT2D eigenvalue weighted by Gasteiger charge is 2.31. The first-order valence-electron chi connectivity index (χ1n) is 3.62. The number of hydrogen-bond acceptors (Lipinski definition) is 1. The van der Waals surface area contributed by atoms with Gasteiger partial charge in [-0.1, -0.05) is 6.07 Å². The molecular formula is C8H7ClF3N. The fourth-order valence-corrected chi connectivity index (χ4v) is 1.07. The van der Waals surface area contributed by atoms with Gasteiger partial charge in [-0.3, -0.25) is 4.98 Å². The Kier molecular flexibility index (Phi) is 3.14. The van der Waals surface area contributed by atoms with Gasteiger partial charge in [0, 0.05) is 12.1 Å². The fraction of sp³-hybridized carbons (Fsp3) is 0.375. The predicted molar refractivity (Wildman–Crippen MR) is 43.7 cm³/mol. The highest BCUT2D eigenvalue weighted by Crippen LogP contribution is 2.27. The molecule has 1 nitrogen and oxygen atoms in total. The second kappa shape index (κ2) is 3.96. The third-order valence-electron chi connectivity index (χ3n) is 1.50. The monoisotopic (exact) mass is 209 g/mol. The van der Waals surface area contributed by atoms with E-state index in [4.69, 9.17) is 11.6 Å². The molecule has 72 valence electrons. The van der Waals surface area contributed by atoms with Gasteiger partial charge in [0.1, 0.15) is 5.69 Å². The Labute approximate surface area is 78.5 Å². The lowest BCUT2D eigenvalue weighted by atomic mass is 10.2. The van der Waals surface area contributed by atoms with E-state index in [1.807, 2.05) is 0 Å². The first-order chi connectivity index (χ1) is 6.04. The van der Waals surface area contributed by atoms with E-state index >= 15 is 0 Å². The summed E-state index contributed by atoms with van der Waals surface area (Å²) in [6.07, 6.45) is -2.63. The van der Waals surface area contributed by atoms with Crippen molar-refractivity contribution < 1.29 is 13.2 Å². The number of aromatic nitrogens is 1. The fourth-order valence-electron chi connectivity index (χ4n) is 0.849. The van der Waals surface area contributed by atoms with Gasteiger partial charge in [-0.05, 0) is 18.1 Å². The smallest absolute Gasteiger partial charge is 0.252 e. The van der Waals surface area contributed by atoms with E-state index in [0.29, 0.717) is 17.9 Å². The maximum absolute atomic E-state index is 12.0. The van der Waals surface area contributed by atoms with Gasteiger partial charge in [-0.2, -0.15) is 13.2 Å². The third-order valence-corrected chi connectivity index (χ3v) is 1.69. The Morgan fingerprint density at radius 1 is 1.31 bits per heavy atom. The topological polar surface area (TPSA) is 12.9 Å². The summed E-state index contributed by atoms with van der Waals surface area (Å²) in [4.78, 5) is 3.28. The molecule has 0 bridgehead atoms. The summed E-state index contributed by atoms with van der Waals surface area (Å²) in [5, 5.41) is 0. The molecule has 0 saturated carbocycles. The lowest BCUT2D eigenvalue weighted by Crippen LogP contribution is -2.07. The molecule has 1 aromatic heterocycles. The maximum Gasteiger partial charge on any atom is 0.433 e. The normalized spacial score (nSPS) is 11.7. The summed E-state index contributed by atoms with van der Waals surface area (Å²) >= 11 is 5.42. The van der Waals surface area contributed by atoms with Crippen LogP contribution in [0.25, 0.3) is 0 Å². The average Bonchev–Trinajstić information content (AvgIpc) is 2.04. The number of halogens is 4. The summed E-state index contributed by atoms with van der Waals surface area (Å²) in [6.45, 7) is 0. The molecule has 1 aromatic rings. The zero-order valence-electron chi connectivity index (χ0n) is 6.61. The van der Waals surface area contributed by atoms with E-state index < -0.39 is 11.9 Å². The molecule has 0 aliphatic heterocycles. The largest absolute Gasteiger partial charge is 0.433 e. The van der Waals surface area contributed by atoms with Crippen LogP contribution in [0.5, 0.6) is 0 Å². The highest BCUT2D eigenvalue weighted by atomic mass is 35.5. The Balaban J connectivity index is 2.81. The minimum Gasteiger partial charge on any atom is -0.252 e. The SMILES string of the molecule is FC(F)(F)c1ccc(CCCl)cn1. The van der Waals surface area contributed by atoms with Gasteiger partial charge in [-0.25, -0.2) is 0 Å². The number of hydrogen-bond donors (Lipinski definition) is 0. The molecule has 13 heavy (non-hydrogen) atoms. The number of alkyl halides is 4. The molecule has 0 atom stereocenters. The zero-order valence-corrected chi connectivity index (χ0v) is 7.36. The Bertz CT molecular complexity index is 268. The van der Waals surface area contributed by atoms with Crippen molar-refractivity contribution in [1.82, 2.24) is 4.98 Å². The van der Waals surface area contributed by atoms with Crippen LogP contribution in [0.2, 0.25) is 0 Å². The van der Waals surface area contributed by atoms with E-state index in [9.17, 15) is 13.2 Å². The Hall–Kier alpha value is -0.770. The number of nitrogens with zero attached hydrogens (tertiary/aromatic N) is 1. The van der Waals surface area contributed by atoms with Gasteiger partial charge in [-0.15, -0.1) is 11.6 Å². The lowest BCUT2D eigenvalue weighted by Gasteiger charge is -2.05. The summed E-state index contributed by atoms with van der Waals surface area (Å²) in [6, 6.07) is 2.35. The Morgan fingerprint density at radius 2 is 2.00 bits per heavy atom. The van der Waals surface area contributed by atoms with Gasteiger partial charge < -0.3 is 0 Å². The summed E-state index contributed by atoms with van der Waals surface area (Å²) in [5.74, 6) is 0.382. The molecule has 0 radical (unpaired) electrons. The van der Waals surface area contributed by atoms with Gasteiger partial charge in [0.25, 0.3) is 0 Å². The van der Waals surface area contributed by atoms with Crippen LogP contribution in [0.4, 0.5) is 13.2 Å². The van der Waals surface area contributed by atoms with Crippen LogP contribution in [-0.2, 0) is 12.6 Å². The molecular weight excluding hydrogens is 203 g/mol. The van der Waals surface area contributed by atoms with Crippen LogP contribution in [0.3, 0.4) is 0 Å². The van der Waals surface area contributed by atoms with Crippen molar-refractivity contribution in [3.05, 3.63) is 29.6 Å². The van der Waals surface area contributed by atoms with Crippen LogP contribution in [0.1, 0.15) is 11.3 Å². The standard InChI is InChI=1S/C8H7ClF3N/c9-4-3-6-1-2-7(13-5-6)8(10,11)12/h1-2,5H,3-4H2. The molecule has 0 aliphatic rings. The molecule has 1 rings (SSSR count). The van der Waals surface area contributed by atoms with Crippen LogP contribution >= 0.6 is 11.6 Å². The van der Waals surface area contributed by atoms with Crippen molar-refractivity contribution in [1.29, 1.82) is 0 Å². The number of aryl methyl sites for hydroxylation is 1. The van der Waals surface area contributed by atoms with Crippen molar-refractivity contribution in [3.63, 3.8) is 0 Å². The van der Waals surface area contributed by atoms with Gasteiger partial charge >= 0.3 is 6.18 Å². The molecule has 0 unspecified atom stereocenters. The third kappa shape index (κ3) is 2.88. The quantitative estimate of drug-likeness (QED) is 0.683. The van der Waals surface area contributed by atoms with Crippen molar-refractivity contribution in [2.24, 2.45) is 0 Å². The van der Waals surface area contributed by atoms with Gasteiger partial charge in [0.05, 0.1) is 0 Å². The van der Waals surface area contributed by atoms with E-state index in [-0.39, 0.29) is 0 Å². The number of pyridine rings is 1. The van der Waals surface area contributed by atoms with E-state index in [2.05, 4.69) is 4.98 Å². The summed E-state index contributed by atoms with van der Waals surface area (Å²) in [7, 11) is 0. The van der Waals surface area contributed by atoms with Crippen LogP contribution < -0.4 is 0 Å². The number of rotatable bonds is 2. The van der Waals surface area contributed by atoms with E-state index in [1.54, 1.807) is 0 Å². The molecule has 5 heteroatoms. The summed E-state index contributed by atoms with van der Waals surface area (Å²) in [5.41, 5.74) is -0.158. The average molecular weight is 210 g/mol. The second-order valence-corrected chi connectivity index (χ2v) is 2.87. The van der Waals surface area contributed by atoms with Crippen molar-refractivity contribution in [2.45, 2.75) is 12.6 Å². The first kappa shape index (κ1) is 10.3. The highest BCUT2D eigenvalue weighted by molar-refractivity contribution is 6.17. The minimum atomic E-state index is -4.36. The van der Waals surface area contributed by atoms with Crippen molar-refractivity contribution in [3.8, 4) is 0 Å². The molecule has 0 N–H and O–H groups in total. The van der Waals surface area contributed by atoms with Crippen molar-refractivity contribution >= 4 is 11.6 Å². The zero-order chi connectivity index (χ0) is 9.90. The molecule has 0 fully saturated rings. The van der Waals surface area contributed by atoms with Crippen molar-refractivity contribution in [2.75, 3.05) is 5.88 Å². The minimum absolute atomic E-state index is 0.382. The molecule has 1 heterocycles. The van der Waals surface area contributed by atoms with Gasteiger partial charge in [0.2, 0.25) is 0 Å². The van der Waals surface area contributed by atoms with Gasteiger partial charge in [0.15, 0.2) is 0 Å². The second-order valence-electron chi connectivity index (χ2n) is 2.49. The van der Waals surface area contributed by atoms with E-state index in [0.717, 1.165) is 6.07 Å². The predicted octanol–water partition coefficient (Wildman–Crippen LogP) is 2.88. The first-order valence-corrected chi connectivity index (χ1v) is 4.15. The lowest BCUT2D eigenvalue weighted by molar-refractivity contribution is -0.141.